The minimum atomic E-state index is 0. The van der Waals surface area contributed by atoms with E-state index in [0.29, 0.717) is 0 Å². The van der Waals surface area contributed by atoms with Crippen molar-refractivity contribution in [1.29, 1.82) is 0 Å². The molecule has 1 nitrogen and oxygen atoms in total. The zero-order chi connectivity index (χ0) is 8.10. The molecule has 1 rings (SSSR count). The Bertz CT molecular complexity index is 210. The van der Waals surface area contributed by atoms with Crippen molar-refractivity contribution in [3.8, 4) is 0 Å². The number of halogens is 1. The van der Waals surface area contributed by atoms with E-state index in [2.05, 4.69) is 45.5 Å². The average molecular weight is 216 g/mol. The van der Waals surface area contributed by atoms with Crippen LogP contribution in [0.25, 0.3) is 0 Å². The second kappa shape index (κ2) is 4.52. The molecular weight excluding hydrogens is 202 g/mol. The molecule has 0 aliphatic heterocycles. The third-order valence-electron chi connectivity index (χ3n) is 1.58. The second-order valence-electron chi connectivity index (χ2n) is 2.48. The van der Waals surface area contributed by atoms with Crippen LogP contribution in [0.3, 0.4) is 0 Å². The van der Waals surface area contributed by atoms with Crippen molar-refractivity contribution in [2.24, 2.45) is 0 Å². The standard InChI is InChI=1S/C9H12BrN.H2/c1-11-7-6-8-2-4-9(10)5-3-8;/h2-5,11H,6-7H2,1H3;1H. The van der Waals surface area contributed by atoms with Gasteiger partial charge in [-0.1, -0.05) is 28.1 Å². The summed E-state index contributed by atoms with van der Waals surface area (Å²) in [5.41, 5.74) is 1.38. The molecule has 0 aromatic heterocycles. The summed E-state index contributed by atoms with van der Waals surface area (Å²) in [4.78, 5) is 0. The molecule has 1 aromatic carbocycles. The number of nitrogens with one attached hydrogen (secondary N) is 1. The molecule has 0 aliphatic carbocycles. The maximum Gasteiger partial charge on any atom is 0.0175 e. The summed E-state index contributed by atoms with van der Waals surface area (Å²) >= 11 is 3.40. The summed E-state index contributed by atoms with van der Waals surface area (Å²) in [5, 5.41) is 3.12. The van der Waals surface area contributed by atoms with Gasteiger partial charge in [0.2, 0.25) is 0 Å². The van der Waals surface area contributed by atoms with E-state index >= 15 is 0 Å². The van der Waals surface area contributed by atoms with Gasteiger partial charge in [0.15, 0.2) is 0 Å². The monoisotopic (exact) mass is 215 g/mol. The first-order valence-electron chi connectivity index (χ1n) is 3.72. The first-order valence-corrected chi connectivity index (χ1v) is 4.51. The van der Waals surface area contributed by atoms with Gasteiger partial charge in [0.1, 0.15) is 0 Å². The minimum absolute atomic E-state index is 0. The van der Waals surface area contributed by atoms with E-state index in [9.17, 15) is 0 Å². The zero-order valence-electron chi connectivity index (χ0n) is 6.60. The molecule has 1 aromatic rings. The van der Waals surface area contributed by atoms with Crippen LogP contribution in [0.15, 0.2) is 28.7 Å². The van der Waals surface area contributed by atoms with E-state index in [1.165, 1.54) is 5.56 Å². The number of hydrogen-bond donors (Lipinski definition) is 1. The Morgan fingerprint density at radius 1 is 1.36 bits per heavy atom. The molecule has 62 valence electrons. The molecule has 0 saturated carbocycles. The highest BCUT2D eigenvalue weighted by Crippen LogP contribution is 2.10. The van der Waals surface area contributed by atoms with Crippen molar-refractivity contribution in [3.05, 3.63) is 34.3 Å². The molecule has 0 saturated heterocycles. The first-order chi connectivity index (χ1) is 5.33. The normalized spacial score (nSPS) is 10.0. The maximum absolute atomic E-state index is 3.40. The van der Waals surface area contributed by atoms with Gasteiger partial charge in [0, 0.05) is 5.90 Å². The average Bonchev–Trinajstić information content (AvgIpc) is 2.04. The smallest absolute Gasteiger partial charge is 0.0175 e. The maximum atomic E-state index is 3.40. The summed E-state index contributed by atoms with van der Waals surface area (Å²) in [6.07, 6.45) is 1.10. The Hall–Kier alpha value is -0.340. The van der Waals surface area contributed by atoms with Gasteiger partial charge in [0.25, 0.3) is 0 Å². The summed E-state index contributed by atoms with van der Waals surface area (Å²) in [6.45, 7) is 1.04. The molecule has 0 amide bonds. The van der Waals surface area contributed by atoms with Gasteiger partial charge in [-0.3, -0.25) is 0 Å². The van der Waals surface area contributed by atoms with E-state index < -0.39 is 0 Å². The molecule has 0 unspecified atom stereocenters. The fraction of sp³-hybridized carbons (Fsp3) is 0.333. The second-order valence-corrected chi connectivity index (χ2v) is 3.40. The topological polar surface area (TPSA) is 12.0 Å². The summed E-state index contributed by atoms with van der Waals surface area (Å²) < 4.78 is 1.14. The Morgan fingerprint density at radius 3 is 2.55 bits per heavy atom. The molecule has 1 N–H and O–H groups in total. The van der Waals surface area contributed by atoms with Crippen LogP contribution < -0.4 is 5.32 Å². The van der Waals surface area contributed by atoms with Gasteiger partial charge in [-0.2, -0.15) is 0 Å². The highest BCUT2D eigenvalue weighted by Gasteiger charge is 1.90. The van der Waals surface area contributed by atoms with E-state index in [4.69, 9.17) is 0 Å². The summed E-state index contributed by atoms with van der Waals surface area (Å²) in [6, 6.07) is 8.43. The zero-order valence-corrected chi connectivity index (χ0v) is 8.19. The molecule has 0 heterocycles. The number of hydrogen-bond acceptors (Lipinski definition) is 1. The first kappa shape index (κ1) is 8.75. The fourth-order valence-corrected chi connectivity index (χ4v) is 1.18. The van der Waals surface area contributed by atoms with Crippen LogP contribution in [0.5, 0.6) is 0 Å². The predicted octanol–water partition coefficient (Wildman–Crippen LogP) is 2.46. The van der Waals surface area contributed by atoms with Gasteiger partial charge >= 0.3 is 0 Å². The van der Waals surface area contributed by atoms with Crippen LogP contribution in [-0.4, -0.2) is 13.6 Å². The number of likely N-dealkylation sites (N-methyl/N-ethyl adjacent to an activating group) is 1. The van der Waals surface area contributed by atoms with Crippen LogP contribution in [0, 0.1) is 0 Å². The summed E-state index contributed by atoms with van der Waals surface area (Å²) in [5.74, 6) is 0. The molecule has 2 heteroatoms. The lowest BCUT2D eigenvalue weighted by Crippen LogP contribution is -2.09. The van der Waals surface area contributed by atoms with Gasteiger partial charge in [-0.25, -0.2) is 0 Å². The highest BCUT2D eigenvalue weighted by molar-refractivity contribution is 9.10. The Labute approximate surface area is 77.4 Å². The molecule has 0 bridgehead atoms. The van der Waals surface area contributed by atoms with Gasteiger partial charge in [-0.15, -0.1) is 0 Å². The van der Waals surface area contributed by atoms with Crippen molar-refractivity contribution in [1.82, 2.24) is 5.32 Å². The lowest BCUT2D eigenvalue weighted by Gasteiger charge is -1.99. The molecular formula is C9H14BrN. The van der Waals surface area contributed by atoms with Crippen LogP contribution in [0.2, 0.25) is 0 Å². The van der Waals surface area contributed by atoms with E-state index in [0.717, 1.165) is 17.4 Å². The van der Waals surface area contributed by atoms with Gasteiger partial charge in [0.05, 0.1) is 0 Å². The lowest BCUT2D eigenvalue weighted by atomic mass is 10.1. The van der Waals surface area contributed by atoms with Crippen molar-refractivity contribution in [2.45, 2.75) is 6.42 Å². The lowest BCUT2D eigenvalue weighted by molar-refractivity contribution is 0.792. The van der Waals surface area contributed by atoms with Crippen molar-refractivity contribution < 1.29 is 1.43 Å². The van der Waals surface area contributed by atoms with E-state index in [1.807, 2.05) is 7.05 Å². The van der Waals surface area contributed by atoms with E-state index in [-0.39, 0.29) is 1.43 Å². The molecule has 0 radical (unpaired) electrons. The predicted molar refractivity (Wildman–Crippen MR) is 53.9 cm³/mol. The number of benzene rings is 1. The largest absolute Gasteiger partial charge is 0.319 e. The quantitative estimate of drug-likeness (QED) is 0.818. The highest BCUT2D eigenvalue weighted by atomic mass is 79.9. The van der Waals surface area contributed by atoms with Gasteiger partial charge < -0.3 is 5.32 Å². The molecule has 0 fully saturated rings. The minimum Gasteiger partial charge on any atom is -0.319 e. The van der Waals surface area contributed by atoms with Crippen LogP contribution in [-0.2, 0) is 6.42 Å². The fourth-order valence-electron chi connectivity index (χ4n) is 0.920. The van der Waals surface area contributed by atoms with E-state index in [1.54, 1.807) is 0 Å². The summed E-state index contributed by atoms with van der Waals surface area (Å²) in [7, 11) is 1.97. The van der Waals surface area contributed by atoms with Crippen LogP contribution >= 0.6 is 15.9 Å². The SMILES string of the molecule is CNCCc1ccc(Br)cc1.[HH]. The Balaban J connectivity index is 0.00000121. The third kappa shape index (κ3) is 3.04. The molecule has 0 spiro atoms. The van der Waals surface area contributed by atoms with Crippen LogP contribution in [0.1, 0.15) is 6.99 Å². The van der Waals surface area contributed by atoms with Crippen molar-refractivity contribution in [2.75, 3.05) is 13.6 Å². The molecule has 11 heavy (non-hydrogen) atoms. The van der Waals surface area contributed by atoms with Crippen molar-refractivity contribution >= 4 is 15.9 Å². The van der Waals surface area contributed by atoms with Gasteiger partial charge in [-0.05, 0) is 37.7 Å². The van der Waals surface area contributed by atoms with Crippen molar-refractivity contribution in [3.63, 3.8) is 0 Å². The molecule has 0 aliphatic rings. The molecule has 0 atom stereocenters. The third-order valence-corrected chi connectivity index (χ3v) is 2.11. The van der Waals surface area contributed by atoms with Crippen LogP contribution in [0.4, 0.5) is 0 Å². The Kier molecular flexibility index (Phi) is 3.60. The number of rotatable bonds is 3. The Morgan fingerprint density at radius 2 is 2.00 bits per heavy atom.